The van der Waals surface area contributed by atoms with Crippen LogP contribution < -0.4 is 5.32 Å². The molecule has 0 saturated carbocycles. The molecule has 0 spiro atoms. The van der Waals surface area contributed by atoms with Gasteiger partial charge in [-0.1, -0.05) is 23.2 Å². The highest BCUT2D eigenvalue weighted by molar-refractivity contribution is 7.91. The molecular weight excluding hydrogens is 289 g/mol. The summed E-state index contributed by atoms with van der Waals surface area (Å²) in [5.41, 5.74) is 0.794. The number of halogens is 2. The van der Waals surface area contributed by atoms with E-state index < -0.39 is 9.84 Å². The molecule has 1 aromatic heterocycles. The van der Waals surface area contributed by atoms with E-state index in [-0.39, 0.29) is 17.5 Å². The number of hydrogen-bond donors (Lipinski definition) is 1. The number of sulfone groups is 1. The van der Waals surface area contributed by atoms with Crippen LogP contribution in [0.1, 0.15) is 18.0 Å². The summed E-state index contributed by atoms with van der Waals surface area (Å²) in [6.45, 7) is 0.688. The first kappa shape index (κ1) is 12.6. The Labute approximate surface area is 109 Å². The number of rotatable bonds is 1. The van der Waals surface area contributed by atoms with Crippen molar-refractivity contribution in [3.8, 4) is 0 Å². The average Bonchev–Trinajstić information content (AvgIpc) is 2.40. The predicted molar refractivity (Wildman–Crippen MR) is 68.4 cm³/mol. The lowest BCUT2D eigenvalue weighted by molar-refractivity contribution is 0.573. The lowest BCUT2D eigenvalue weighted by Gasteiger charge is -2.14. The summed E-state index contributed by atoms with van der Waals surface area (Å²) in [5, 5.41) is 3.19. The Kier molecular flexibility index (Phi) is 3.81. The molecular formula is C9H11Cl2NO2S2. The molecule has 1 fully saturated rings. The van der Waals surface area contributed by atoms with Crippen LogP contribution in [0.25, 0.3) is 0 Å². The maximum Gasteiger partial charge on any atom is 0.152 e. The average molecular weight is 300 g/mol. The van der Waals surface area contributed by atoms with E-state index in [0.717, 1.165) is 5.56 Å². The lowest BCUT2D eigenvalue weighted by Crippen LogP contribution is -2.25. The normalized spacial score (nSPS) is 25.2. The number of thiophene rings is 1. The fraction of sp³-hybridized carbons (Fsp3) is 0.556. The van der Waals surface area contributed by atoms with Gasteiger partial charge in [-0.25, -0.2) is 8.42 Å². The van der Waals surface area contributed by atoms with Gasteiger partial charge in [-0.05, 0) is 19.0 Å². The summed E-state index contributed by atoms with van der Waals surface area (Å²) in [7, 11) is -2.98. The first-order valence-electron chi connectivity index (χ1n) is 4.86. The smallest absolute Gasteiger partial charge is 0.152 e. The molecule has 90 valence electrons. The van der Waals surface area contributed by atoms with Gasteiger partial charge in [0.2, 0.25) is 0 Å². The molecule has 0 bridgehead atoms. The van der Waals surface area contributed by atoms with Crippen LogP contribution in [0.15, 0.2) is 6.07 Å². The maximum atomic E-state index is 11.7. The van der Waals surface area contributed by atoms with Gasteiger partial charge in [0, 0.05) is 11.6 Å². The second-order valence-corrected chi connectivity index (χ2v) is 8.27. The van der Waals surface area contributed by atoms with Crippen LogP contribution in [-0.4, -0.2) is 26.5 Å². The van der Waals surface area contributed by atoms with E-state index in [1.165, 1.54) is 11.3 Å². The largest absolute Gasteiger partial charge is 0.309 e. The third kappa shape index (κ3) is 2.90. The fourth-order valence-corrected chi connectivity index (χ4v) is 4.89. The van der Waals surface area contributed by atoms with Crippen molar-refractivity contribution in [2.75, 3.05) is 18.1 Å². The Morgan fingerprint density at radius 1 is 1.44 bits per heavy atom. The molecule has 2 heterocycles. The molecule has 1 atom stereocenters. The molecule has 1 aliphatic rings. The van der Waals surface area contributed by atoms with E-state index >= 15 is 0 Å². The van der Waals surface area contributed by atoms with Crippen molar-refractivity contribution >= 4 is 44.4 Å². The van der Waals surface area contributed by atoms with Gasteiger partial charge >= 0.3 is 0 Å². The summed E-state index contributed by atoms with van der Waals surface area (Å²) in [6.07, 6.45) is 0.647. The van der Waals surface area contributed by atoms with Gasteiger partial charge in [0.1, 0.15) is 0 Å². The standard InChI is InChI=1S/C9H11Cl2NO2S2/c10-8-4-6(9(11)15-8)7-5-16(13,14)3-1-2-12-7/h4,7,12H,1-3,5H2. The van der Waals surface area contributed by atoms with Crippen LogP contribution in [0.3, 0.4) is 0 Å². The SMILES string of the molecule is O=S1(=O)CCCNC(c2cc(Cl)sc2Cl)C1. The topological polar surface area (TPSA) is 46.2 Å². The molecule has 1 N–H and O–H groups in total. The highest BCUT2D eigenvalue weighted by Gasteiger charge is 2.26. The van der Waals surface area contributed by atoms with E-state index in [0.29, 0.717) is 21.6 Å². The molecule has 0 aliphatic carbocycles. The Morgan fingerprint density at radius 3 is 2.81 bits per heavy atom. The highest BCUT2D eigenvalue weighted by atomic mass is 35.5. The fourth-order valence-electron chi connectivity index (χ4n) is 1.75. The minimum Gasteiger partial charge on any atom is -0.309 e. The lowest BCUT2D eigenvalue weighted by atomic mass is 10.2. The van der Waals surface area contributed by atoms with E-state index in [1.54, 1.807) is 6.07 Å². The van der Waals surface area contributed by atoms with Crippen LogP contribution >= 0.6 is 34.5 Å². The molecule has 1 aromatic rings. The summed E-state index contributed by atoms with van der Waals surface area (Å²) in [4.78, 5) is 0. The zero-order valence-corrected chi connectivity index (χ0v) is 11.5. The van der Waals surface area contributed by atoms with Gasteiger partial charge in [0.05, 0.1) is 20.2 Å². The van der Waals surface area contributed by atoms with Gasteiger partial charge in [0.15, 0.2) is 9.84 Å². The molecule has 0 amide bonds. The molecule has 7 heteroatoms. The van der Waals surface area contributed by atoms with Crippen LogP contribution in [0, 0.1) is 0 Å². The molecule has 3 nitrogen and oxygen atoms in total. The Bertz CT molecular complexity index is 484. The summed E-state index contributed by atoms with van der Waals surface area (Å²) >= 11 is 13.1. The maximum absolute atomic E-state index is 11.7. The van der Waals surface area contributed by atoms with Gasteiger partial charge in [-0.2, -0.15) is 0 Å². The molecule has 2 rings (SSSR count). The van der Waals surface area contributed by atoms with Crippen molar-refractivity contribution in [1.29, 1.82) is 0 Å². The van der Waals surface area contributed by atoms with E-state index in [4.69, 9.17) is 23.2 Å². The molecule has 0 aromatic carbocycles. The van der Waals surface area contributed by atoms with Gasteiger partial charge in [-0.15, -0.1) is 11.3 Å². The molecule has 1 unspecified atom stereocenters. The van der Waals surface area contributed by atoms with Crippen LogP contribution in [0.5, 0.6) is 0 Å². The van der Waals surface area contributed by atoms with Crippen molar-refractivity contribution < 1.29 is 8.42 Å². The van der Waals surface area contributed by atoms with E-state index in [2.05, 4.69) is 5.32 Å². The van der Waals surface area contributed by atoms with E-state index in [9.17, 15) is 8.42 Å². The summed E-state index contributed by atoms with van der Waals surface area (Å²) in [6, 6.07) is 1.51. The van der Waals surface area contributed by atoms with Crippen LogP contribution in [0.2, 0.25) is 8.67 Å². The van der Waals surface area contributed by atoms with Crippen molar-refractivity contribution in [2.45, 2.75) is 12.5 Å². The third-order valence-electron chi connectivity index (χ3n) is 2.50. The Morgan fingerprint density at radius 2 is 2.19 bits per heavy atom. The zero-order chi connectivity index (χ0) is 11.8. The molecule has 16 heavy (non-hydrogen) atoms. The van der Waals surface area contributed by atoms with Crippen LogP contribution in [-0.2, 0) is 9.84 Å². The van der Waals surface area contributed by atoms with Gasteiger partial charge in [-0.3, -0.25) is 0 Å². The first-order valence-corrected chi connectivity index (χ1v) is 8.26. The van der Waals surface area contributed by atoms with Crippen LogP contribution in [0.4, 0.5) is 0 Å². The van der Waals surface area contributed by atoms with Gasteiger partial charge in [0.25, 0.3) is 0 Å². The summed E-state index contributed by atoms with van der Waals surface area (Å²) in [5.74, 6) is 0.339. The number of hydrogen-bond acceptors (Lipinski definition) is 4. The minimum absolute atomic E-state index is 0.0970. The highest BCUT2D eigenvalue weighted by Crippen LogP contribution is 2.35. The second kappa shape index (κ2) is 4.82. The number of nitrogens with one attached hydrogen (secondary N) is 1. The van der Waals surface area contributed by atoms with Crippen molar-refractivity contribution in [2.24, 2.45) is 0 Å². The molecule has 1 saturated heterocycles. The quantitative estimate of drug-likeness (QED) is 0.867. The Hall–Kier alpha value is 0.190. The minimum atomic E-state index is -2.98. The third-order valence-corrected chi connectivity index (χ3v) is 5.77. The first-order chi connectivity index (χ1) is 7.48. The monoisotopic (exact) mass is 299 g/mol. The van der Waals surface area contributed by atoms with Crippen molar-refractivity contribution in [3.63, 3.8) is 0 Å². The van der Waals surface area contributed by atoms with Crippen molar-refractivity contribution in [3.05, 3.63) is 20.3 Å². The van der Waals surface area contributed by atoms with Crippen molar-refractivity contribution in [1.82, 2.24) is 5.32 Å². The molecule has 1 aliphatic heterocycles. The van der Waals surface area contributed by atoms with Gasteiger partial charge < -0.3 is 5.32 Å². The zero-order valence-electron chi connectivity index (χ0n) is 8.37. The van der Waals surface area contributed by atoms with E-state index in [1.807, 2.05) is 0 Å². The predicted octanol–water partition coefficient (Wildman–Crippen LogP) is 2.50. The molecule has 0 radical (unpaired) electrons. The second-order valence-electron chi connectivity index (χ2n) is 3.75. The summed E-state index contributed by atoms with van der Waals surface area (Å²) < 4.78 is 24.5. The Balaban J connectivity index is 2.29.